The number of hydrogen-bond donors (Lipinski definition) is 0. The van der Waals surface area contributed by atoms with E-state index in [1.54, 1.807) is 37.7 Å². The van der Waals surface area contributed by atoms with Crippen LogP contribution in [0.1, 0.15) is 5.69 Å². The molecule has 10 heteroatoms. The zero-order valence-electron chi connectivity index (χ0n) is 14.5. The number of ether oxygens (including phenoxy) is 1. The van der Waals surface area contributed by atoms with Crippen molar-refractivity contribution in [3.63, 3.8) is 0 Å². The van der Waals surface area contributed by atoms with E-state index in [0.29, 0.717) is 38.0 Å². The van der Waals surface area contributed by atoms with Crippen molar-refractivity contribution in [3.05, 3.63) is 42.5 Å². The minimum absolute atomic E-state index is 0.273. The Labute approximate surface area is 153 Å². The molecule has 27 heavy (non-hydrogen) atoms. The summed E-state index contributed by atoms with van der Waals surface area (Å²) in [7, 11) is 1.56. The number of hydrogen-bond acceptors (Lipinski definition) is 6. The first-order valence-corrected chi connectivity index (χ1v) is 8.37. The summed E-state index contributed by atoms with van der Waals surface area (Å²) in [5, 5.41) is 0. The van der Waals surface area contributed by atoms with Crippen LogP contribution >= 0.6 is 0 Å². The molecule has 4 rings (SSSR count). The molecule has 1 aliphatic rings. The summed E-state index contributed by atoms with van der Waals surface area (Å²) in [5.41, 5.74) is 0.231. The van der Waals surface area contributed by atoms with Gasteiger partial charge in [0.2, 0.25) is 11.8 Å². The highest BCUT2D eigenvalue weighted by atomic mass is 19.4. The zero-order chi connectivity index (χ0) is 19.0. The molecule has 1 aliphatic heterocycles. The Morgan fingerprint density at radius 3 is 2.41 bits per heavy atom. The third-order valence-electron chi connectivity index (χ3n) is 4.48. The van der Waals surface area contributed by atoms with Crippen LogP contribution in [0.4, 0.5) is 24.8 Å². The summed E-state index contributed by atoms with van der Waals surface area (Å²) in [6, 6.07) is 5.08. The number of methoxy groups -OCH3 is 1. The number of rotatable bonds is 3. The maximum absolute atomic E-state index is 12.8. The van der Waals surface area contributed by atoms with Crippen LogP contribution in [0.2, 0.25) is 0 Å². The molecule has 4 heterocycles. The monoisotopic (exact) mass is 378 g/mol. The number of nitrogens with zero attached hydrogens (tertiary/aromatic N) is 6. The fraction of sp³-hybridized carbons (Fsp3) is 0.353. The van der Waals surface area contributed by atoms with Gasteiger partial charge in [0.05, 0.1) is 12.8 Å². The lowest BCUT2D eigenvalue weighted by Crippen LogP contribution is -2.47. The molecular weight excluding hydrogens is 361 g/mol. The van der Waals surface area contributed by atoms with Gasteiger partial charge in [-0.3, -0.25) is 0 Å². The molecule has 142 valence electrons. The maximum atomic E-state index is 12.8. The number of halogens is 3. The number of imidazole rings is 1. The molecule has 0 radical (unpaired) electrons. The van der Waals surface area contributed by atoms with Gasteiger partial charge in [-0.05, 0) is 12.1 Å². The first kappa shape index (κ1) is 17.4. The summed E-state index contributed by atoms with van der Waals surface area (Å²) in [4.78, 5) is 16.4. The molecule has 7 nitrogen and oxygen atoms in total. The third-order valence-corrected chi connectivity index (χ3v) is 4.48. The Balaban J connectivity index is 1.49. The predicted molar refractivity (Wildman–Crippen MR) is 93.2 cm³/mol. The molecule has 0 saturated carbocycles. The van der Waals surface area contributed by atoms with E-state index in [0.717, 1.165) is 11.9 Å². The van der Waals surface area contributed by atoms with Crippen molar-refractivity contribution in [2.75, 3.05) is 43.1 Å². The summed E-state index contributed by atoms with van der Waals surface area (Å²) in [6.45, 7) is 2.80. The van der Waals surface area contributed by atoms with Crippen LogP contribution in [0.25, 0.3) is 5.65 Å². The van der Waals surface area contributed by atoms with Crippen molar-refractivity contribution in [3.8, 4) is 5.88 Å². The van der Waals surface area contributed by atoms with Crippen molar-refractivity contribution >= 4 is 17.3 Å². The molecule has 0 bridgehead atoms. The highest BCUT2D eigenvalue weighted by Crippen LogP contribution is 2.29. The topological polar surface area (TPSA) is 58.8 Å². The Kier molecular flexibility index (Phi) is 4.25. The molecule has 0 amide bonds. The van der Waals surface area contributed by atoms with Gasteiger partial charge in [-0.15, -0.1) is 0 Å². The number of anilines is 2. The number of alkyl halides is 3. The van der Waals surface area contributed by atoms with E-state index in [2.05, 4.69) is 24.8 Å². The lowest BCUT2D eigenvalue weighted by molar-refractivity contribution is -0.140. The summed E-state index contributed by atoms with van der Waals surface area (Å²) < 4.78 is 45.0. The molecule has 0 unspecified atom stereocenters. The van der Waals surface area contributed by atoms with E-state index < -0.39 is 11.9 Å². The highest BCUT2D eigenvalue weighted by molar-refractivity contribution is 5.53. The number of piperazine rings is 1. The minimum Gasteiger partial charge on any atom is -0.481 e. The Morgan fingerprint density at radius 1 is 0.963 bits per heavy atom. The standard InChI is InChI=1S/C17H17F3N6O/c1-27-15-4-5-21-16(23-15)25-8-6-24(7-9-25)12-2-3-14-22-13(17(18,19)20)11-26(14)10-12/h2-5,10-11H,6-9H2,1H3. The van der Waals surface area contributed by atoms with Crippen LogP contribution in [0.5, 0.6) is 5.88 Å². The molecule has 0 spiro atoms. The second kappa shape index (κ2) is 6.60. The molecule has 0 aromatic carbocycles. The quantitative estimate of drug-likeness (QED) is 0.698. The van der Waals surface area contributed by atoms with E-state index in [1.165, 1.54) is 4.40 Å². The lowest BCUT2D eigenvalue weighted by Gasteiger charge is -2.36. The van der Waals surface area contributed by atoms with Gasteiger partial charge >= 0.3 is 6.18 Å². The van der Waals surface area contributed by atoms with E-state index >= 15 is 0 Å². The fourth-order valence-electron chi connectivity index (χ4n) is 3.07. The normalized spacial score (nSPS) is 15.4. The maximum Gasteiger partial charge on any atom is 0.434 e. The van der Waals surface area contributed by atoms with Gasteiger partial charge in [0.1, 0.15) is 5.65 Å². The molecule has 0 aliphatic carbocycles. The van der Waals surface area contributed by atoms with Crippen molar-refractivity contribution in [1.29, 1.82) is 0 Å². The molecule has 0 atom stereocenters. The third kappa shape index (κ3) is 3.46. The molecule has 0 N–H and O–H groups in total. The number of pyridine rings is 1. The Hall–Kier alpha value is -3.04. The smallest absolute Gasteiger partial charge is 0.434 e. The van der Waals surface area contributed by atoms with Crippen LogP contribution < -0.4 is 14.5 Å². The van der Waals surface area contributed by atoms with Gasteiger partial charge in [-0.1, -0.05) is 0 Å². The van der Waals surface area contributed by atoms with Gasteiger partial charge in [0.25, 0.3) is 0 Å². The molecule has 1 saturated heterocycles. The number of aromatic nitrogens is 4. The average Bonchev–Trinajstić information content (AvgIpc) is 3.12. The lowest BCUT2D eigenvalue weighted by atomic mass is 10.3. The molecule has 3 aromatic heterocycles. The van der Waals surface area contributed by atoms with Gasteiger partial charge in [-0.25, -0.2) is 9.97 Å². The summed E-state index contributed by atoms with van der Waals surface area (Å²) >= 11 is 0. The molecule has 1 fully saturated rings. The fourth-order valence-corrected chi connectivity index (χ4v) is 3.07. The average molecular weight is 378 g/mol. The summed E-state index contributed by atoms with van der Waals surface area (Å²) in [6.07, 6.45) is -0.109. The predicted octanol–water partition coefficient (Wildman–Crippen LogP) is 2.48. The van der Waals surface area contributed by atoms with Crippen LogP contribution in [0.3, 0.4) is 0 Å². The highest BCUT2D eigenvalue weighted by Gasteiger charge is 2.34. The molecular formula is C17H17F3N6O. The van der Waals surface area contributed by atoms with Crippen molar-refractivity contribution in [2.24, 2.45) is 0 Å². The second-order valence-electron chi connectivity index (χ2n) is 6.15. The van der Waals surface area contributed by atoms with Gasteiger partial charge in [0, 0.05) is 50.8 Å². The van der Waals surface area contributed by atoms with Gasteiger partial charge in [-0.2, -0.15) is 18.2 Å². The van der Waals surface area contributed by atoms with E-state index in [1.807, 2.05) is 0 Å². The second-order valence-corrected chi connectivity index (χ2v) is 6.15. The number of fused-ring (bicyclic) bond motifs is 1. The largest absolute Gasteiger partial charge is 0.481 e. The van der Waals surface area contributed by atoms with Crippen molar-refractivity contribution < 1.29 is 17.9 Å². The van der Waals surface area contributed by atoms with E-state index in [4.69, 9.17) is 4.74 Å². The first-order valence-electron chi connectivity index (χ1n) is 8.37. The van der Waals surface area contributed by atoms with Crippen LogP contribution in [-0.4, -0.2) is 52.6 Å². The first-order chi connectivity index (χ1) is 12.9. The Bertz CT molecular complexity index is 949. The van der Waals surface area contributed by atoms with Crippen LogP contribution in [-0.2, 0) is 6.18 Å². The SMILES string of the molecule is COc1ccnc(N2CCN(c3ccc4nc(C(F)(F)F)cn4c3)CC2)n1. The zero-order valence-corrected chi connectivity index (χ0v) is 14.5. The van der Waals surface area contributed by atoms with Gasteiger partial charge < -0.3 is 18.9 Å². The van der Waals surface area contributed by atoms with Crippen molar-refractivity contribution in [1.82, 2.24) is 19.4 Å². The minimum atomic E-state index is -4.45. The van der Waals surface area contributed by atoms with Crippen LogP contribution in [0.15, 0.2) is 36.8 Å². The summed E-state index contributed by atoms with van der Waals surface area (Å²) in [5.74, 6) is 1.11. The van der Waals surface area contributed by atoms with E-state index in [-0.39, 0.29) is 5.65 Å². The Morgan fingerprint density at radius 2 is 1.70 bits per heavy atom. The molecule has 3 aromatic rings. The van der Waals surface area contributed by atoms with Crippen molar-refractivity contribution in [2.45, 2.75) is 6.18 Å². The van der Waals surface area contributed by atoms with E-state index in [9.17, 15) is 13.2 Å². The van der Waals surface area contributed by atoms with Crippen LogP contribution in [0, 0.1) is 0 Å². The van der Waals surface area contributed by atoms with Gasteiger partial charge in [0.15, 0.2) is 5.69 Å².